The van der Waals surface area contributed by atoms with Crippen LogP contribution in [0.25, 0.3) is 0 Å². The van der Waals surface area contributed by atoms with Crippen LogP contribution in [0.2, 0.25) is 10.0 Å². The summed E-state index contributed by atoms with van der Waals surface area (Å²) in [5, 5.41) is 1.23. The lowest BCUT2D eigenvalue weighted by molar-refractivity contribution is -0.115. The van der Waals surface area contributed by atoms with Crippen LogP contribution in [0, 0.1) is 0 Å². The van der Waals surface area contributed by atoms with Crippen molar-refractivity contribution in [3.63, 3.8) is 0 Å². The van der Waals surface area contributed by atoms with Crippen molar-refractivity contribution in [2.24, 2.45) is 4.99 Å². The van der Waals surface area contributed by atoms with Crippen molar-refractivity contribution in [3.05, 3.63) is 28.2 Å². The molecule has 0 saturated carbocycles. The Morgan fingerprint density at radius 3 is 2.73 bits per heavy atom. The fourth-order valence-electron chi connectivity index (χ4n) is 2.66. The van der Waals surface area contributed by atoms with Crippen molar-refractivity contribution >= 4 is 61.6 Å². The molecule has 1 aromatic rings. The van der Waals surface area contributed by atoms with E-state index < -0.39 is 9.84 Å². The summed E-state index contributed by atoms with van der Waals surface area (Å²) in [6.07, 6.45) is 0. The third-order valence-electron chi connectivity index (χ3n) is 3.49. The summed E-state index contributed by atoms with van der Waals surface area (Å²) in [7, 11) is -3.09. The number of benzene rings is 1. The second kappa shape index (κ2) is 5.70. The van der Waals surface area contributed by atoms with E-state index >= 15 is 0 Å². The van der Waals surface area contributed by atoms with E-state index in [2.05, 4.69) is 4.99 Å². The monoisotopic (exact) mass is 378 g/mol. The molecule has 1 amide bonds. The van der Waals surface area contributed by atoms with Crippen LogP contribution in [0.5, 0.6) is 0 Å². The Morgan fingerprint density at radius 2 is 2.09 bits per heavy atom. The van der Waals surface area contributed by atoms with Crippen LogP contribution in [0.3, 0.4) is 0 Å². The first kappa shape index (κ1) is 16.1. The fraction of sp³-hybridized carbons (Fsp3) is 0.385. The van der Waals surface area contributed by atoms with Gasteiger partial charge in [0.25, 0.3) is 0 Å². The third-order valence-corrected chi connectivity index (χ3v) is 7.24. The second-order valence-corrected chi connectivity index (χ2v) is 9.38. The molecule has 0 unspecified atom stereocenters. The Bertz CT molecular complexity index is 779. The Hall–Kier alpha value is -0.760. The average Bonchev–Trinajstić information content (AvgIpc) is 2.81. The van der Waals surface area contributed by atoms with Gasteiger partial charge in [0.05, 0.1) is 28.3 Å². The van der Waals surface area contributed by atoms with Gasteiger partial charge in [0.2, 0.25) is 5.91 Å². The van der Waals surface area contributed by atoms with Crippen LogP contribution < -0.4 is 4.90 Å². The van der Waals surface area contributed by atoms with E-state index in [4.69, 9.17) is 23.2 Å². The Balaban J connectivity index is 2.08. The number of halogens is 2. The summed E-state index contributed by atoms with van der Waals surface area (Å²) in [4.78, 5) is 17.1. The smallest absolute Gasteiger partial charge is 0.244 e. The number of aliphatic imine (C=N–C) groups is 1. The van der Waals surface area contributed by atoms with E-state index in [-0.39, 0.29) is 28.7 Å². The molecule has 2 saturated heterocycles. The Labute approximate surface area is 142 Å². The van der Waals surface area contributed by atoms with Gasteiger partial charge in [0, 0.05) is 17.2 Å². The van der Waals surface area contributed by atoms with E-state index in [0.29, 0.717) is 20.9 Å². The number of amides is 1. The van der Waals surface area contributed by atoms with E-state index in [1.807, 2.05) is 0 Å². The van der Waals surface area contributed by atoms with Gasteiger partial charge in [0.1, 0.15) is 0 Å². The van der Waals surface area contributed by atoms with Crippen molar-refractivity contribution in [1.29, 1.82) is 0 Å². The number of anilines is 1. The predicted molar refractivity (Wildman–Crippen MR) is 90.9 cm³/mol. The molecule has 0 spiro atoms. The maximum Gasteiger partial charge on any atom is 0.244 e. The molecule has 0 aliphatic carbocycles. The van der Waals surface area contributed by atoms with Crippen LogP contribution in [0.4, 0.5) is 5.69 Å². The van der Waals surface area contributed by atoms with Gasteiger partial charge in [0.15, 0.2) is 15.0 Å². The van der Waals surface area contributed by atoms with Gasteiger partial charge in [-0.3, -0.25) is 4.79 Å². The van der Waals surface area contributed by atoms with Crippen molar-refractivity contribution in [3.8, 4) is 0 Å². The zero-order valence-electron chi connectivity index (χ0n) is 11.5. The molecule has 1 aromatic carbocycles. The minimum absolute atomic E-state index is 0.0283. The van der Waals surface area contributed by atoms with E-state index in [1.165, 1.54) is 18.7 Å². The molecule has 5 nitrogen and oxygen atoms in total. The van der Waals surface area contributed by atoms with Gasteiger partial charge in [-0.2, -0.15) is 4.99 Å². The van der Waals surface area contributed by atoms with E-state index in [0.717, 1.165) is 0 Å². The quantitative estimate of drug-likeness (QED) is 0.751. The van der Waals surface area contributed by atoms with Crippen LogP contribution in [0.15, 0.2) is 23.2 Å². The number of thioether (sulfide) groups is 1. The molecule has 2 fully saturated rings. The predicted octanol–water partition coefficient (Wildman–Crippen LogP) is 2.61. The molecule has 2 atom stereocenters. The fourth-order valence-corrected chi connectivity index (χ4v) is 7.11. The lowest BCUT2D eigenvalue weighted by Gasteiger charge is -2.25. The average molecular weight is 379 g/mol. The van der Waals surface area contributed by atoms with Crippen LogP contribution >= 0.6 is 35.0 Å². The van der Waals surface area contributed by atoms with Gasteiger partial charge in [-0.05, 0) is 18.2 Å². The number of hydrogen-bond acceptors (Lipinski definition) is 4. The molecular weight excluding hydrogens is 367 g/mol. The van der Waals surface area contributed by atoms with Crippen molar-refractivity contribution in [2.75, 3.05) is 16.4 Å². The SMILES string of the molecule is CC(=O)N=C1S[C@@H]2CS(=O)(=O)C[C@H]2N1c1ccc(Cl)cc1Cl. The van der Waals surface area contributed by atoms with Crippen LogP contribution in [-0.4, -0.2) is 42.3 Å². The molecule has 22 heavy (non-hydrogen) atoms. The Morgan fingerprint density at radius 1 is 1.36 bits per heavy atom. The topological polar surface area (TPSA) is 66.8 Å². The lowest BCUT2D eigenvalue weighted by Crippen LogP contribution is -2.37. The highest BCUT2D eigenvalue weighted by Crippen LogP contribution is 2.43. The lowest BCUT2D eigenvalue weighted by atomic mass is 10.2. The summed E-state index contributed by atoms with van der Waals surface area (Å²) in [6.45, 7) is 1.36. The highest BCUT2D eigenvalue weighted by molar-refractivity contribution is 8.16. The van der Waals surface area contributed by atoms with Gasteiger partial charge < -0.3 is 4.90 Å². The molecule has 0 bridgehead atoms. The first-order valence-electron chi connectivity index (χ1n) is 6.47. The molecule has 9 heteroatoms. The molecule has 0 radical (unpaired) electrons. The summed E-state index contributed by atoms with van der Waals surface area (Å²) in [5.74, 6) is -0.220. The molecule has 2 aliphatic heterocycles. The number of hydrogen-bond donors (Lipinski definition) is 0. The number of rotatable bonds is 1. The number of nitrogens with zero attached hydrogens (tertiary/aromatic N) is 2. The summed E-state index contributed by atoms with van der Waals surface area (Å²) < 4.78 is 23.8. The standard InChI is InChI=1S/C13H12Cl2N2O3S2/c1-7(18)16-13-17(10-3-2-8(14)4-9(10)15)11-5-22(19,20)6-12(11)21-13/h2-4,11-12H,5-6H2,1H3/t11-,12-/m1/s1. The van der Waals surface area contributed by atoms with Gasteiger partial charge in [-0.1, -0.05) is 35.0 Å². The number of carbonyl (C=O) groups excluding carboxylic acids is 1. The molecule has 2 heterocycles. The minimum atomic E-state index is -3.09. The molecule has 0 aromatic heterocycles. The summed E-state index contributed by atoms with van der Waals surface area (Å²) in [5.41, 5.74) is 0.614. The first-order valence-corrected chi connectivity index (χ1v) is 9.93. The number of carbonyl (C=O) groups is 1. The molecular formula is C13H12Cl2N2O3S2. The molecule has 0 N–H and O–H groups in total. The molecule has 118 valence electrons. The van der Waals surface area contributed by atoms with E-state index in [9.17, 15) is 13.2 Å². The van der Waals surface area contributed by atoms with Crippen LogP contribution in [-0.2, 0) is 14.6 Å². The summed E-state index contributed by atoms with van der Waals surface area (Å²) >= 11 is 13.5. The largest absolute Gasteiger partial charge is 0.314 e. The summed E-state index contributed by atoms with van der Waals surface area (Å²) in [6, 6.07) is 4.71. The Kier molecular flexibility index (Phi) is 4.18. The van der Waals surface area contributed by atoms with Crippen molar-refractivity contribution < 1.29 is 13.2 Å². The zero-order chi connectivity index (χ0) is 16.1. The number of sulfone groups is 1. The first-order chi connectivity index (χ1) is 10.3. The molecule has 3 rings (SSSR count). The number of amidine groups is 1. The van der Waals surface area contributed by atoms with Gasteiger partial charge >= 0.3 is 0 Å². The maximum absolute atomic E-state index is 11.9. The number of fused-ring (bicyclic) bond motifs is 1. The second-order valence-electron chi connectivity index (χ2n) is 5.18. The third kappa shape index (κ3) is 2.99. The van der Waals surface area contributed by atoms with Crippen LogP contribution in [0.1, 0.15) is 6.92 Å². The highest BCUT2D eigenvalue weighted by Gasteiger charge is 2.49. The minimum Gasteiger partial charge on any atom is -0.314 e. The van der Waals surface area contributed by atoms with E-state index in [1.54, 1.807) is 23.1 Å². The van der Waals surface area contributed by atoms with Gasteiger partial charge in [-0.25, -0.2) is 8.42 Å². The van der Waals surface area contributed by atoms with Crippen molar-refractivity contribution in [2.45, 2.75) is 18.2 Å². The van der Waals surface area contributed by atoms with Crippen molar-refractivity contribution in [1.82, 2.24) is 0 Å². The maximum atomic E-state index is 11.9. The normalized spacial score (nSPS) is 28.1. The highest BCUT2D eigenvalue weighted by atomic mass is 35.5. The zero-order valence-corrected chi connectivity index (χ0v) is 14.6. The molecule has 2 aliphatic rings. The van der Waals surface area contributed by atoms with Gasteiger partial charge in [-0.15, -0.1) is 0 Å².